The predicted octanol–water partition coefficient (Wildman–Crippen LogP) is 4.64. The summed E-state index contributed by atoms with van der Waals surface area (Å²) in [6, 6.07) is 26.4. The van der Waals surface area contributed by atoms with Crippen molar-refractivity contribution in [2.45, 2.75) is 6.42 Å². The molecule has 0 aliphatic carbocycles. The lowest BCUT2D eigenvalue weighted by Gasteiger charge is -2.04. The number of fused-ring (bicyclic) bond motifs is 1. The van der Waals surface area contributed by atoms with Crippen LogP contribution in [-0.4, -0.2) is 3.96 Å². The summed E-state index contributed by atoms with van der Waals surface area (Å²) in [7, 11) is 0. The van der Waals surface area contributed by atoms with E-state index in [1.807, 2.05) is 42.5 Å². The summed E-state index contributed by atoms with van der Waals surface area (Å²) in [5.74, 6) is 0. The van der Waals surface area contributed by atoms with Gasteiger partial charge in [0, 0.05) is 0 Å². The van der Waals surface area contributed by atoms with Gasteiger partial charge in [-0.25, -0.2) is 3.96 Å². The lowest BCUT2D eigenvalue weighted by Crippen LogP contribution is -2.10. The highest BCUT2D eigenvalue weighted by Gasteiger charge is 2.08. The molecule has 23 heavy (non-hydrogen) atoms. The Hall–Kier alpha value is -2.65. The Morgan fingerprint density at radius 1 is 0.739 bits per heavy atom. The van der Waals surface area contributed by atoms with Gasteiger partial charge in [0.25, 0.3) is 5.56 Å². The van der Waals surface area contributed by atoms with Crippen molar-refractivity contribution in [3.05, 3.63) is 100 Å². The van der Waals surface area contributed by atoms with Gasteiger partial charge in [-0.15, -0.1) is 0 Å². The number of hydrogen-bond donors (Lipinski definition) is 0. The van der Waals surface area contributed by atoms with Gasteiger partial charge in [-0.3, -0.25) is 4.79 Å². The molecule has 4 rings (SSSR count). The highest BCUT2D eigenvalue weighted by atomic mass is 32.1. The average molecular weight is 317 g/mol. The van der Waals surface area contributed by atoms with Crippen molar-refractivity contribution in [2.24, 2.45) is 0 Å². The van der Waals surface area contributed by atoms with Gasteiger partial charge >= 0.3 is 0 Å². The van der Waals surface area contributed by atoms with E-state index in [0.29, 0.717) is 0 Å². The number of hydrogen-bond acceptors (Lipinski definition) is 2. The molecule has 1 heterocycles. The van der Waals surface area contributed by atoms with Crippen LogP contribution in [0.4, 0.5) is 0 Å². The molecule has 0 bridgehead atoms. The smallest absolute Gasteiger partial charge is 0.267 e. The zero-order valence-electron chi connectivity index (χ0n) is 12.5. The monoisotopic (exact) mass is 317 g/mol. The highest BCUT2D eigenvalue weighted by molar-refractivity contribution is 7.14. The zero-order chi connectivity index (χ0) is 15.6. The third-order valence-electron chi connectivity index (χ3n) is 3.91. The molecule has 2 nitrogen and oxygen atoms in total. The fourth-order valence-electron chi connectivity index (χ4n) is 2.72. The van der Waals surface area contributed by atoms with Gasteiger partial charge in [0.2, 0.25) is 0 Å². The van der Waals surface area contributed by atoms with Crippen LogP contribution in [0.15, 0.2) is 83.7 Å². The summed E-state index contributed by atoms with van der Waals surface area (Å²) in [6.07, 6.45) is 0.905. The van der Waals surface area contributed by atoms with Crippen molar-refractivity contribution in [3.8, 4) is 5.69 Å². The van der Waals surface area contributed by atoms with Crippen LogP contribution in [0.25, 0.3) is 15.8 Å². The Balaban J connectivity index is 1.67. The molecule has 1 aromatic heterocycles. The Labute approximate surface area is 138 Å². The molecule has 0 spiro atoms. The molecule has 0 aliphatic rings. The van der Waals surface area contributed by atoms with E-state index < -0.39 is 0 Å². The first-order chi connectivity index (χ1) is 11.3. The second-order valence-corrected chi connectivity index (χ2v) is 6.50. The van der Waals surface area contributed by atoms with E-state index in [0.717, 1.165) is 22.2 Å². The van der Waals surface area contributed by atoms with E-state index in [9.17, 15) is 4.79 Å². The van der Waals surface area contributed by atoms with Gasteiger partial charge in [0.05, 0.1) is 15.8 Å². The molecule has 112 valence electrons. The second kappa shape index (κ2) is 5.86. The Morgan fingerprint density at radius 2 is 1.39 bits per heavy atom. The fourth-order valence-corrected chi connectivity index (χ4v) is 3.72. The maximum Gasteiger partial charge on any atom is 0.273 e. The maximum absolute atomic E-state index is 12.5. The molecule has 0 atom stereocenters. The lowest BCUT2D eigenvalue weighted by molar-refractivity contribution is 1.13. The van der Waals surface area contributed by atoms with E-state index in [-0.39, 0.29) is 5.56 Å². The summed E-state index contributed by atoms with van der Waals surface area (Å²) in [6.45, 7) is 0. The molecule has 3 aromatic carbocycles. The summed E-state index contributed by atoms with van der Waals surface area (Å²) in [5.41, 5.74) is 3.52. The predicted molar refractivity (Wildman–Crippen MR) is 96.7 cm³/mol. The molecule has 0 fully saturated rings. The highest BCUT2D eigenvalue weighted by Crippen LogP contribution is 2.20. The van der Waals surface area contributed by atoms with Crippen molar-refractivity contribution in [1.29, 1.82) is 0 Å². The molecule has 3 heteroatoms. The van der Waals surface area contributed by atoms with E-state index in [1.54, 1.807) is 3.96 Å². The Morgan fingerprint density at radius 3 is 2.13 bits per heavy atom. The minimum absolute atomic E-state index is 0.0569. The standard InChI is InChI=1S/C20H15NOS/c22-20-18-8-4-5-9-19(18)23-21(20)17-12-10-16(11-13-17)14-15-6-2-1-3-7-15/h1-13H,14H2. The molecular formula is C20H15NOS. The first-order valence-electron chi connectivity index (χ1n) is 7.55. The zero-order valence-corrected chi connectivity index (χ0v) is 13.3. The molecule has 0 aliphatic heterocycles. The summed E-state index contributed by atoms with van der Waals surface area (Å²) in [4.78, 5) is 12.5. The van der Waals surface area contributed by atoms with E-state index in [4.69, 9.17) is 0 Å². The van der Waals surface area contributed by atoms with Crippen molar-refractivity contribution in [1.82, 2.24) is 3.96 Å². The molecule has 0 unspecified atom stereocenters. The molecule has 0 saturated carbocycles. The minimum Gasteiger partial charge on any atom is -0.267 e. The number of aromatic nitrogens is 1. The third-order valence-corrected chi connectivity index (χ3v) is 5.03. The molecule has 0 saturated heterocycles. The fraction of sp³-hybridized carbons (Fsp3) is 0.0500. The largest absolute Gasteiger partial charge is 0.273 e. The van der Waals surface area contributed by atoms with E-state index in [2.05, 4.69) is 36.4 Å². The first kappa shape index (κ1) is 14.0. The lowest BCUT2D eigenvalue weighted by atomic mass is 10.1. The van der Waals surface area contributed by atoms with Crippen molar-refractivity contribution < 1.29 is 0 Å². The average Bonchev–Trinajstić information content (AvgIpc) is 2.94. The van der Waals surface area contributed by atoms with Gasteiger partial charge in [0.1, 0.15) is 0 Å². The molecule has 0 amide bonds. The second-order valence-electron chi connectivity index (χ2n) is 5.52. The Bertz CT molecular complexity index is 997. The molecule has 0 radical (unpaired) electrons. The van der Waals surface area contributed by atoms with E-state index in [1.165, 1.54) is 22.7 Å². The van der Waals surface area contributed by atoms with Crippen LogP contribution in [0, 0.1) is 0 Å². The summed E-state index contributed by atoms with van der Waals surface area (Å²) >= 11 is 1.49. The van der Waals surface area contributed by atoms with Crippen LogP contribution in [0.5, 0.6) is 0 Å². The van der Waals surface area contributed by atoms with Gasteiger partial charge in [-0.2, -0.15) is 0 Å². The van der Waals surface area contributed by atoms with Crippen LogP contribution in [-0.2, 0) is 6.42 Å². The normalized spacial score (nSPS) is 11.0. The number of nitrogens with zero attached hydrogens (tertiary/aromatic N) is 1. The van der Waals surface area contributed by atoms with Crippen LogP contribution in [0.2, 0.25) is 0 Å². The van der Waals surface area contributed by atoms with Gasteiger partial charge in [0.15, 0.2) is 0 Å². The van der Waals surface area contributed by atoms with Crippen molar-refractivity contribution in [2.75, 3.05) is 0 Å². The quantitative estimate of drug-likeness (QED) is 0.539. The summed E-state index contributed by atoms with van der Waals surface area (Å²) < 4.78 is 2.78. The van der Waals surface area contributed by atoms with Gasteiger partial charge < -0.3 is 0 Å². The van der Waals surface area contributed by atoms with Gasteiger partial charge in [-0.1, -0.05) is 66.1 Å². The Kier molecular flexibility index (Phi) is 3.56. The maximum atomic E-state index is 12.5. The van der Waals surface area contributed by atoms with Crippen molar-refractivity contribution in [3.63, 3.8) is 0 Å². The summed E-state index contributed by atoms with van der Waals surface area (Å²) in [5, 5.41) is 0.783. The van der Waals surface area contributed by atoms with Crippen molar-refractivity contribution >= 4 is 21.6 Å². The van der Waals surface area contributed by atoms with Crippen LogP contribution < -0.4 is 5.56 Å². The third kappa shape index (κ3) is 2.71. The minimum atomic E-state index is 0.0569. The number of rotatable bonds is 3. The number of benzene rings is 3. The van der Waals surface area contributed by atoms with Crippen LogP contribution in [0.3, 0.4) is 0 Å². The molecule has 4 aromatic rings. The van der Waals surface area contributed by atoms with Crippen LogP contribution in [0.1, 0.15) is 11.1 Å². The first-order valence-corrected chi connectivity index (χ1v) is 8.33. The van der Waals surface area contributed by atoms with E-state index >= 15 is 0 Å². The topological polar surface area (TPSA) is 22.0 Å². The van der Waals surface area contributed by atoms with Gasteiger partial charge in [-0.05, 0) is 41.8 Å². The molecule has 0 N–H and O–H groups in total. The molecular weight excluding hydrogens is 302 g/mol. The SMILES string of the molecule is O=c1c2ccccc2sn1-c1ccc(Cc2ccccc2)cc1. The van der Waals surface area contributed by atoms with Crippen LogP contribution >= 0.6 is 11.5 Å².